The van der Waals surface area contributed by atoms with Crippen molar-refractivity contribution in [1.29, 1.82) is 0 Å². The van der Waals surface area contributed by atoms with Crippen LogP contribution in [0.2, 0.25) is 0 Å². The van der Waals surface area contributed by atoms with Crippen molar-refractivity contribution in [2.75, 3.05) is 0 Å². The highest BCUT2D eigenvalue weighted by molar-refractivity contribution is 5.77. The highest BCUT2D eigenvalue weighted by atomic mass is 16.5. The molecule has 24 heavy (non-hydrogen) atoms. The van der Waals surface area contributed by atoms with E-state index in [2.05, 4.69) is 27.7 Å². The van der Waals surface area contributed by atoms with Crippen LogP contribution in [-0.2, 0) is 19.1 Å². The topological polar surface area (TPSA) is 52.6 Å². The normalized spacial score (nSPS) is 36.8. The van der Waals surface area contributed by atoms with Crippen molar-refractivity contribution in [3.63, 3.8) is 0 Å². The van der Waals surface area contributed by atoms with Gasteiger partial charge in [-0.1, -0.05) is 27.7 Å². The van der Waals surface area contributed by atoms with Crippen LogP contribution < -0.4 is 0 Å². The summed E-state index contributed by atoms with van der Waals surface area (Å²) in [6.07, 6.45) is 6.32. The van der Waals surface area contributed by atoms with E-state index in [4.69, 9.17) is 9.47 Å². The molecule has 138 valence electrons. The maximum Gasteiger partial charge on any atom is 0.306 e. The molecule has 2 fully saturated rings. The third kappa shape index (κ3) is 5.78. The van der Waals surface area contributed by atoms with E-state index in [-0.39, 0.29) is 37.0 Å². The molecule has 0 aromatic heterocycles. The van der Waals surface area contributed by atoms with Gasteiger partial charge < -0.3 is 9.47 Å². The molecule has 0 bridgehead atoms. The minimum Gasteiger partial charge on any atom is -0.462 e. The molecule has 0 spiro atoms. The van der Waals surface area contributed by atoms with Crippen LogP contribution in [0.5, 0.6) is 0 Å². The zero-order valence-electron chi connectivity index (χ0n) is 15.8. The lowest BCUT2D eigenvalue weighted by molar-refractivity contribution is -0.158. The molecule has 2 saturated carbocycles. The number of esters is 2. The van der Waals surface area contributed by atoms with Gasteiger partial charge in [0.15, 0.2) is 0 Å². The summed E-state index contributed by atoms with van der Waals surface area (Å²) in [6.45, 7) is 8.94. The van der Waals surface area contributed by atoms with E-state index in [9.17, 15) is 9.59 Å². The first-order chi connectivity index (χ1) is 11.3. The van der Waals surface area contributed by atoms with Crippen LogP contribution in [0.1, 0.15) is 79.1 Å². The molecule has 2 rings (SSSR count). The fourth-order valence-electron chi connectivity index (χ4n) is 3.90. The van der Waals surface area contributed by atoms with Gasteiger partial charge in [0, 0.05) is 0 Å². The second kappa shape index (κ2) is 8.87. The zero-order chi connectivity index (χ0) is 17.7. The lowest BCUT2D eigenvalue weighted by Crippen LogP contribution is -2.30. The number of rotatable bonds is 5. The van der Waals surface area contributed by atoms with E-state index >= 15 is 0 Å². The number of hydrogen-bond acceptors (Lipinski definition) is 4. The molecule has 0 radical (unpaired) electrons. The molecule has 0 amide bonds. The van der Waals surface area contributed by atoms with E-state index in [0.717, 1.165) is 38.5 Å². The first-order valence-electron chi connectivity index (χ1n) is 9.74. The second-order valence-electron chi connectivity index (χ2n) is 8.26. The average molecular weight is 338 g/mol. The summed E-state index contributed by atoms with van der Waals surface area (Å²) in [6, 6.07) is 0. The van der Waals surface area contributed by atoms with Gasteiger partial charge >= 0.3 is 11.9 Å². The fraction of sp³-hybridized carbons (Fsp3) is 0.900. The predicted octanol–water partition coefficient (Wildman–Crippen LogP) is 4.50. The van der Waals surface area contributed by atoms with Crippen LogP contribution in [0.4, 0.5) is 0 Å². The molecule has 0 aromatic carbocycles. The molecule has 4 nitrogen and oxygen atoms in total. The van der Waals surface area contributed by atoms with E-state index in [0.29, 0.717) is 23.7 Å². The van der Waals surface area contributed by atoms with Gasteiger partial charge in [0.05, 0.1) is 12.8 Å². The minimum atomic E-state index is -0.260. The number of ether oxygens (including phenoxy) is 2. The lowest BCUT2D eigenvalue weighted by Gasteiger charge is -2.32. The largest absolute Gasteiger partial charge is 0.462 e. The molecule has 6 unspecified atom stereocenters. The highest BCUT2D eigenvalue weighted by Gasteiger charge is 2.28. The Morgan fingerprint density at radius 3 is 1.38 bits per heavy atom. The molecule has 6 atom stereocenters. The molecule has 0 saturated heterocycles. The van der Waals surface area contributed by atoms with E-state index in [1.54, 1.807) is 0 Å². The zero-order valence-corrected chi connectivity index (χ0v) is 15.8. The molecule has 4 heteroatoms. The Morgan fingerprint density at radius 1 is 0.667 bits per heavy atom. The molecule has 0 heterocycles. The molecule has 2 aliphatic carbocycles. The summed E-state index contributed by atoms with van der Waals surface area (Å²) in [5.41, 5.74) is 0. The summed E-state index contributed by atoms with van der Waals surface area (Å²) < 4.78 is 11.1. The van der Waals surface area contributed by atoms with Crippen molar-refractivity contribution in [2.45, 2.75) is 91.3 Å². The predicted molar refractivity (Wildman–Crippen MR) is 93.4 cm³/mol. The van der Waals surface area contributed by atoms with Gasteiger partial charge in [-0.25, -0.2) is 0 Å². The van der Waals surface area contributed by atoms with Gasteiger partial charge in [-0.15, -0.1) is 0 Å². The van der Waals surface area contributed by atoms with Gasteiger partial charge in [0.25, 0.3) is 0 Å². The van der Waals surface area contributed by atoms with Gasteiger partial charge in [-0.3, -0.25) is 9.59 Å². The van der Waals surface area contributed by atoms with Crippen molar-refractivity contribution < 1.29 is 19.1 Å². The van der Waals surface area contributed by atoms with Crippen molar-refractivity contribution in [1.82, 2.24) is 0 Å². The van der Waals surface area contributed by atoms with Crippen LogP contribution in [0.15, 0.2) is 0 Å². The maximum absolute atomic E-state index is 12.0. The molecule has 0 N–H and O–H groups in total. The monoisotopic (exact) mass is 338 g/mol. The van der Waals surface area contributed by atoms with Crippen molar-refractivity contribution in [3.8, 4) is 0 Å². The average Bonchev–Trinajstić information content (AvgIpc) is 2.53. The Hall–Kier alpha value is -1.06. The van der Waals surface area contributed by atoms with Crippen LogP contribution >= 0.6 is 0 Å². The maximum atomic E-state index is 12.0. The van der Waals surface area contributed by atoms with Crippen molar-refractivity contribution in [3.05, 3.63) is 0 Å². The standard InChI is InChI=1S/C20H34O4/c1-13-5-7-17(11-15(13)3)23-19(21)9-10-20(22)24-18-8-6-14(2)16(4)12-18/h13-18H,5-12H2,1-4H3. The second-order valence-corrected chi connectivity index (χ2v) is 8.26. The summed E-state index contributed by atoms with van der Waals surface area (Å²) in [5.74, 6) is 2.08. The number of carbonyl (C=O) groups excluding carboxylic acids is 2. The Kier molecular flexibility index (Phi) is 7.12. The summed E-state index contributed by atoms with van der Waals surface area (Å²) >= 11 is 0. The van der Waals surface area contributed by atoms with Crippen LogP contribution in [0.25, 0.3) is 0 Å². The third-order valence-corrected chi connectivity index (χ3v) is 6.23. The summed E-state index contributed by atoms with van der Waals surface area (Å²) in [5, 5.41) is 0. The van der Waals surface area contributed by atoms with Crippen LogP contribution in [0.3, 0.4) is 0 Å². The van der Waals surface area contributed by atoms with Gasteiger partial charge in [0.2, 0.25) is 0 Å². The molecule has 2 aliphatic rings. The quantitative estimate of drug-likeness (QED) is 0.692. The van der Waals surface area contributed by atoms with Crippen molar-refractivity contribution >= 4 is 11.9 Å². The fourth-order valence-corrected chi connectivity index (χ4v) is 3.90. The van der Waals surface area contributed by atoms with Gasteiger partial charge in [-0.2, -0.15) is 0 Å². The molecular weight excluding hydrogens is 304 g/mol. The van der Waals surface area contributed by atoms with E-state index in [1.165, 1.54) is 0 Å². The van der Waals surface area contributed by atoms with Crippen LogP contribution in [0, 0.1) is 23.7 Å². The SMILES string of the molecule is CC1CCC(OC(=O)CCC(=O)OC2CCC(C)C(C)C2)CC1C. The Balaban J connectivity index is 1.63. The first-order valence-corrected chi connectivity index (χ1v) is 9.74. The Bertz CT molecular complexity index is 393. The van der Waals surface area contributed by atoms with Crippen molar-refractivity contribution in [2.24, 2.45) is 23.7 Å². The minimum absolute atomic E-state index is 0.0282. The molecular formula is C20H34O4. The molecule has 0 aliphatic heterocycles. The van der Waals surface area contributed by atoms with E-state index in [1.807, 2.05) is 0 Å². The lowest BCUT2D eigenvalue weighted by atomic mass is 9.80. The Labute approximate surface area is 146 Å². The number of hydrogen-bond donors (Lipinski definition) is 0. The summed E-state index contributed by atoms with van der Waals surface area (Å²) in [7, 11) is 0. The third-order valence-electron chi connectivity index (χ3n) is 6.23. The molecule has 0 aromatic rings. The summed E-state index contributed by atoms with van der Waals surface area (Å²) in [4.78, 5) is 23.9. The Morgan fingerprint density at radius 2 is 1.04 bits per heavy atom. The van der Waals surface area contributed by atoms with Gasteiger partial charge in [-0.05, 0) is 62.2 Å². The highest BCUT2D eigenvalue weighted by Crippen LogP contribution is 2.32. The number of carbonyl (C=O) groups is 2. The first kappa shape index (κ1) is 19.3. The van der Waals surface area contributed by atoms with E-state index < -0.39 is 0 Å². The smallest absolute Gasteiger partial charge is 0.306 e. The van der Waals surface area contributed by atoms with Gasteiger partial charge in [0.1, 0.15) is 12.2 Å². The van der Waals surface area contributed by atoms with Crippen LogP contribution in [-0.4, -0.2) is 24.1 Å².